The van der Waals surface area contributed by atoms with Gasteiger partial charge in [-0.05, 0) is 25.0 Å². The van der Waals surface area contributed by atoms with Crippen LogP contribution in [0.3, 0.4) is 0 Å². The van der Waals surface area contributed by atoms with Gasteiger partial charge in [0.05, 0.1) is 12.3 Å². The normalized spacial score (nSPS) is 20.1. The molecule has 2 heterocycles. The number of pyridine rings is 1. The lowest BCUT2D eigenvalue weighted by Crippen LogP contribution is -2.15. The molecule has 1 fully saturated rings. The number of aromatic nitrogens is 1. The molecule has 5 heteroatoms. The first-order valence-corrected chi connectivity index (χ1v) is 6.06. The number of nitrogens with one attached hydrogen (secondary N) is 1. The molecule has 88 valence electrons. The fourth-order valence-electron chi connectivity index (χ4n) is 1.80. The lowest BCUT2D eigenvalue weighted by molar-refractivity contribution is 0.187. The molecule has 1 aliphatic rings. The summed E-state index contributed by atoms with van der Waals surface area (Å²) >= 11 is 11.8. The maximum absolute atomic E-state index is 6.03. The molecular formula is C11H14Cl2N2O. The van der Waals surface area contributed by atoms with Gasteiger partial charge in [0.2, 0.25) is 0 Å². The van der Waals surface area contributed by atoms with Gasteiger partial charge in [-0.3, -0.25) is 0 Å². The van der Waals surface area contributed by atoms with Gasteiger partial charge in [0.15, 0.2) is 5.15 Å². The molecule has 3 nitrogen and oxygen atoms in total. The van der Waals surface area contributed by atoms with E-state index < -0.39 is 0 Å². The minimum Gasteiger partial charge on any atom is -0.382 e. The summed E-state index contributed by atoms with van der Waals surface area (Å²) < 4.78 is 5.32. The van der Waals surface area contributed by atoms with Gasteiger partial charge in [-0.1, -0.05) is 23.2 Å². The smallest absolute Gasteiger partial charge is 0.154 e. The molecule has 1 atom stereocenters. The molecule has 0 aromatic carbocycles. The van der Waals surface area contributed by atoms with Gasteiger partial charge in [-0.15, -0.1) is 0 Å². The van der Waals surface area contributed by atoms with Crippen molar-refractivity contribution in [3.8, 4) is 0 Å². The molecule has 2 rings (SSSR count). The summed E-state index contributed by atoms with van der Waals surface area (Å²) in [5, 5.41) is 4.18. The van der Waals surface area contributed by atoms with E-state index in [1.807, 2.05) is 6.92 Å². The first-order chi connectivity index (χ1) is 7.66. The molecule has 0 aliphatic carbocycles. The number of hydrogen-bond acceptors (Lipinski definition) is 3. The third-order valence-electron chi connectivity index (χ3n) is 2.73. The summed E-state index contributed by atoms with van der Waals surface area (Å²) in [5.41, 5.74) is 1.89. The zero-order valence-corrected chi connectivity index (χ0v) is 10.6. The molecule has 1 saturated heterocycles. The molecule has 1 aromatic rings. The van der Waals surface area contributed by atoms with E-state index in [2.05, 4.69) is 10.3 Å². The van der Waals surface area contributed by atoms with Crippen molar-refractivity contribution in [2.24, 2.45) is 5.92 Å². The van der Waals surface area contributed by atoms with Gasteiger partial charge < -0.3 is 10.1 Å². The van der Waals surface area contributed by atoms with E-state index in [4.69, 9.17) is 27.9 Å². The van der Waals surface area contributed by atoms with Crippen molar-refractivity contribution in [3.63, 3.8) is 0 Å². The summed E-state index contributed by atoms with van der Waals surface area (Å²) in [4.78, 5) is 4.02. The third kappa shape index (κ3) is 2.78. The van der Waals surface area contributed by atoms with Crippen molar-refractivity contribution in [2.45, 2.75) is 13.3 Å². The maximum Gasteiger partial charge on any atom is 0.154 e. The topological polar surface area (TPSA) is 34.2 Å². The molecule has 16 heavy (non-hydrogen) atoms. The van der Waals surface area contributed by atoms with Crippen LogP contribution in [0.5, 0.6) is 0 Å². The van der Waals surface area contributed by atoms with Gasteiger partial charge in [0, 0.05) is 19.1 Å². The molecule has 0 spiro atoms. The van der Waals surface area contributed by atoms with Crippen LogP contribution in [0.25, 0.3) is 0 Å². The van der Waals surface area contributed by atoms with Crippen molar-refractivity contribution in [3.05, 3.63) is 21.9 Å². The summed E-state index contributed by atoms with van der Waals surface area (Å²) in [5.74, 6) is 0.561. The number of rotatable bonds is 3. The third-order valence-corrected chi connectivity index (χ3v) is 3.20. The zero-order chi connectivity index (χ0) is 11.5. The predicted octanol–water partition coefficient (Wildman–Crippen LogP) is 3.15. The Bertz CT molecular complexity index is 355. The summed E-state index contributed by atoms with van der Waals surface area (Å²) in [6.07, 6.45) is 1.10. The summed E-state index contributed by atoms with van der Waals surface area (Å²) in [6, 6.07) is 1.81. The van der Waals surface area contributed by atoms with E-state index in [1.54, 1.807) is 6.07 Å². The molecule has 1 unspecified atom stereocenters. The Labute approximate surface area is 105 Å². The maximum atomic E-state index is 6.03. The molecule has 1 N–H and O–H groups in total. The Balaban J connectivity index is 2.03. The minimum absolute atomic E-state index is 0.428. The zero-order valence-electron chi connectivity index (χ0n) is 9.09. The van der Waals surface area contributed by atoms with E-state index in [0.717, 1.165) is 37.4 Å². The number of halogens is 2. The lowest BCUT2D eigenvalue weighted by Gasteiger charge is -2.14. The van der Waals surface area contributed by atoms with Crippen molar-refractivity contribution in [1.82, 2.24) is 4.98 Å². The fraction of sp³-hybridized carbons (Fsp3) is 0.545. The first-order valence-electron chi connectivity index (χ1n) is 5.31. The van der Waals surface area contributed by atoms with Crippen molar-refractivity contribution in [1.29, 1.82) is 0 Å². The molecule has 0 amide bonds. The Morgan fingerprint density at radius 3 is 3.00 bits per heavy atom. The van der Waals surface area contributed by atoms with Crippen LogP contribution in [0, 0.1) is 12.8 Å². The molecule has 1 aromatic heterocycles. The van der Waals surface area contributed by atoms with Crippen LogP contribution in [-0.4, -0.2) is 24.7 Å². The van der Waals surface area contributed by atoms with E-state index in [9.17, 15) is 0 Å². The van der Waals surface area contributed by atoms with Gasteiger partial charge >= 0.3 is 0 Å². The van der Waals surface area contributed by atoms with Crippen molar-refractivity contribution >= 4 is 28.9 Å². The van der Waals surface area contributed by atoms with Crippen LogP contribution < -0.4 is 5.32 Å². The van der Waals surface area contributed by atoms with E-state index in [1.165, 1.54) is 0 Å². The number of ether oxygens (including phenoxy) is 1. The second-order valence-electron chi connectivity index (χ2n) is 4.04. The van der Waals surface area contributed by atoms with E-state index in [0.29, 0.717) is 16.2 Å². The quantitative estimate of drug-likeness (QED) is 0.849. The van der Waals surface area contributed by atoms with Crippen molar-refractivity contribution < 1.29 is 4.74 Å². The van der Waals surface area contributed by atoms with Gasteiger partial charge in [0.25, 0.3) is 0 Å². The Hall–Kier alpha value is -0.510. The average molecular weight is 261 g/mol. The largest absolute Gasteiger partial charge is 0.382 e. The Morgan fingerprint density at radius 1 is 1.56 bits per heavy atom. The lowest BCUT2D eigenvalue weighted by atomic mass is 10.1. The molecule has 1 aliphatic heterocycles. The molecular weight excluding hydrogens is 247 g/mol. The average Bonchev–Trinajstić information content (AvgIpc) is 2.68. The number of hydrogen-bond donors (Lipinski definition) is 1. The van der Waals surface area contributed by atoms with Crippen LogP contribution in [0.2, 0.25) is 10.3 Å². The highest BCUT2D eigenvalue weighted by Crippen LogP contribution is 2.27. The second-order valence-corrected chi connectivity index (χ2v) is 4.78. The molecule has 0 saturated carbocycles. The molecule has 0 bridgehead atoms. The monoisotopic (exact) mass is 260 g/mol. The van der Waals surface area contributed by atoms with E-state index in [-0.39, 0.29) is 0 Å². The van der Waals surface area contributed by atoms with Crippen LogP contribution in [0.4, 0.5) is 5.69 Å². The van der Waals surface area contributed by atoms with Crippen LogP contribution in [0.15, 0.2) is 6.07 Å². The van der Waals surface area contributed by atoms with Crippen molar-refractivity contribution in [2.75, 3.05) is 25.1 Å². The van der Waals surface area contributed by atoms with Crippen LogP contribution in [-0.2, 0) is 4.74 Å². The van der Waals surface area contributed by atoms with Gasteiger partial charge in [-0.25, -0.2) is 4.98 Å². The minimum atomic E-state index is 0.428. The highest BCUT2D eigenvalue weighted by atomic mass is 35.5. The van der Waals surface area contributed by atoms with Gasteiger partial charge in [-0.2, -0.15) is 0 Å². The summed E-state index contributed by atoms with van der Waals surface area (Å²) in [7, 11) is 0. The predicted molar refractivity (Wildman–Crippen MR) is 66.4 cm³/mol. The highest BCUT2D eigenvalue weighted by molar-refractivity contribution is 6.34. The molecule has 0 radical (unpaired) electrons. The number of aryl methyl sites for hydroxylation is 1. The fourth-order valence-corrected chi connectivity index (χ4v) is 2.40. The van der Waals surface area contributed by atoms with Gasteiger partial charge in [0.1, 0.15) is 5.15 Å². The van der Waals surface area contributed by atoms with E-state index >= 15 is 0 Å². The Kier molecular flexibility index (Phi) is 3.90. The van der Waals surface area contributed by atoms with Crippen LogP contribution in [0.1, 0.15) is 12.0 Å². The Morgan fingerprint density at radius 2 is 2.38 bits per heavy atom. The highest BCUT2D eigenvalue weighted by Gasteiger charge is 2.16. The van der Waals surface area contributed by atoms with Crippen LogP contribution >= 0.6 is 23.2 Å². The SMILES string of the molecule is Cc1cc(Cl)nc(Cl)c1NCC1CCOC1. The second kappa shape index (κ2) is 5.21. The number of anilines is 1. The summed E-state index contributed by atoms with van der Waals surface area (Å²) in [6.45, 7) is 4.51. The standard InChI is InChI=1S/C11H14Cl2N2O/c1-7-4-9(12)15-11(13)10(7)14-5-8-2-3-16-6-8/h4,8,14H,2-3,5-6H2,1H3. The number of nitrogens with zero attached hydrogens (tertiary/aromatic N) is 1. The first kappa shape index (κ1) is 12.0.